The number of hydrogen-bond donors (Lipinski definition) is 2. The largest absolute Gasteiger partial charge is 0.417 e. The third-order valence-electron chi connectivity index (χ3n) is 6.19. The van der Waals surface area contributed by atoms with E-state index in [1.807, 2.05) is 6.92 Å². The van der Waals surface area contributed by atoms with Gasteiger partial charge in [0.15, 0.2) is 0 Å². The maximum Gasteiger partial charge on any atom is 0.417 e. The maximum absolute atomic E-state index is 13.3. The van der Waals surface area contributed by atoms with Crippen LogP contribution in [0.1, 0.15) is 67.9 Å². The Hall–Kier alpha value is -3.21. The zero-order chi connectivity index (χ0) is 25.0. The van der Waals surface area contributed by atoms with Crippen molar-refractivity contribution in [3.05, 3.63) is 68.9 Å². The number of likely N-dealkylation sites (tertiary alicyclic amines) is 1. The first-order valence-corrected chi connectivity index (χ1v) is 12.3. The predicted molar refractivity (Wildman–Crippen MR) is 125 cm³/mol. The Balaban J connectivity index is 1.28. The summed E-state index contributed by atoms with van der Waals surface area (Å²) in [6.07, 6.45) is -0.0295. The number of carbonyl (C=O) groups excluding carboxylic acids is 2. The number of amides is 2. The summed E-state index contributed by atoms with van der Waals surface area (Å²) < 4.78 is 39.9. The van der Waals surface area contributed by atoms with Gasteiger partial charge in [0.1, 0.15) is 5.69 Å². The van der Waals surface area contributed by atoms with Gasteiger partial charge in [0.05, 0.1) is 22.3 Å². The molecule has 0 atom stereocenters. The van der Waals surface area contributed by atoms with E-state index in [4.69, 9.17) is 0 Å². The Morgan fingerprint density at radius 3 is 2.66 bits per heavy atom. The van der Waals surface area contributed by atoms with Gasteiger partial charge in [-0.1, -0.05) is 12.1 Å². The molecule has 0 unspecified atom stereocenters. The lowest BCUT2D eigenvalue weighted by molar-refractivity contribution is -0.138. The molecule has 4 rings (SSSR count). The number of hydrogen-bond acceptors (Lipinski definition) is 5. The van der Waals surface area contributed by atoms with Crippen LogP contribution in [-0.4, -0.2) is 51.5 Å². The van der Waals surface area contributed by atoms with Crippen LogP contribution in [0, 0.1) is 6.92 Å². The van der Waals surface area contributed by atoms with Crippen LogP contribution in [0.3, 0.4) is 0 Å². The second-order valence-electron chi connectivity index (χ2n) is 8.56. The maximum atomic E-state index is 13.3. The fourth-order valence-corrected chi connectivity index (χ4v) is 5.17. The van der Waals surface area contributed by atoms with Gasteiger partial charge in [0, 0.05) is 36.6 Å². The number of aromatic amines is 1. The molecule has 1 saturated heterocycles. The summed E-state index contributed by atoms with van der Waals surface area (Å²) in [6.45, 7) is 3.16. The number of nitrogens with one attached hydrogen (secondary N) is 2. The minimum absolute atomic E-state index is 0.0625. The Morgan fingerprint density at radius 1 is 1.23 bits per heavy atom. The number of alkyl halides is 3. The molecule has 1 fully saturated rings. The van der Waals surface area contributed by atoms with Gasteiger partial charge in [-0.3, -0.25) is 14.7 Å². The molecule has 1 aliphatic rings. The molecule has 1 aromatic carbocycles. The van der Waals surface area contributed by atoms with E-state index in [1.165, 1.54) is 34.4 Å². The third-order valence-corrected chi connectivity index (χ3v) is 7.20. The van der Waals surface area contributed by atoms with Crippen molar-refractivity contribution < 1.29 is 22.8 Å². The van der Waals surface area contributed by atoms with Crippen LogP contribution in [0.4, 0.5) is 13.2 Å². The highest BCUT2D eigenvalue weighted by atomic mass is 32.1. The zero-order valence-corrected chi connectivity index (χ0v) is 20.0. The van der Waals surface area contributed by atoms with Crippen molar-refractivity contribution in [2.24, 2.45) is 0 Å². The molecule has 2 N–H and O–H groups in total. The quantitative estimate of drug-likeness (QED) is 0.460. The summed E-state index contributed by atoms with van der Waals surface area (Å²) in [6, 6.07) is 4.87. The lowest BCUT2D eigenvalue weighted by atomic mass is 9.96. The van der Waals surface area contributed by atoms with E-state index >= 15 is 0 Å². The smallest absolute Gasteiger partial charge is 0.351 e. The first-order valence-electron chi connectivity index (χ1n) is 11.4. The van der Waals surface area contributed by atoms with Crippen LogP contribution in [-0.2, 0) is 12.6 Å². The Labute approximate surface area is 204 Å². The number of piperidine rings is 1. The van der Waals surface area contributed by atoms with Crippen molar-refractivity contribution in [1.82, 2.24) is 25.4 Å². The minimum atomic E-state index is -4.58. The molecule has 0 spiro atoms. The number of thiazole rings is 1. The van der Waals surface area contributed by atoms with Crippen molar-refractivity contribution in [2.75, 3.05) is 19.6 Å². The molecule has 11 heteroatoms. The van der Waals surface area contributed by atoms with Crippen LogP contribution < -0.4 is 5.32 Å². The van der Waals surface area contributed by atoms with E-state index in [2.05, 4.69) is 20.5 Å². The monoisotopic (exact) mass is 505 g/mol. The fourth-order valence-electron chi connectivity index (χ4n) is 4.20. The van der Waals surface area contributed by atoms with Gasteiger partial charge in [0.25, 0.3) is 11.8 Å². The van der Waals surface area contributed by atoms with E-state index in [9.17, 15) is 22.8 Å². The van der Waals surface area contributed by atoms with Crippen molar-refractivity contribution in [2.45, 2.75) is 44.7 Å². The van der Waals surface area contributed by atoms with Gasteiger partial charge in [-0.05, 0) is 50.3 Å². The third kappa shape index (κ3) is 5.90. The number of H-pyrrole nitrogens is 1. The molecule has 186 valence electrons. The normalized spacial score (nSPS) is 14.8. The lowest BCUT2D eigenvalue weighted by Gasteiger charge is -2.31. The first kappa shape index (κ1) is 24.9. The number of nitrogens with zero attached hydrogens (tertiary/aromatic N) is 3. The van der Waals surface area contributed by atoms with Crippen LogP contribution in [0.25, 0.3) is 0 Å². The van der Waals surface area contributed by atoms with Crippen molar-refractivity contribution in [3.8, 4) is 0 Å². The van der Waals surface area contributed by atoms with Crippen molar-refractivity contribution >= 4 is 23.2 Å². The van der Waals surface area contributed by atoms with Crippen LogP contribution >= 0.6 is 11.3 Å². The fraction of sp³-hybridized carbons (Fsp3) is 0.417. The molecule has 3 heterocycles. The molecule has 35 heavy (non-hydrogen) atoms. The number of halogens is 3. The number of benzene rings is 1. The molecule has 0 radical (unpaired) electrons. The molecule has 2 aromatic heterocycles. The zero-order valence-electron chi connectivity index (χ0n) is 19.2. The highest BCUT2D eigenvalue weighted by Crippen LogP contribution is 2.34. The van der Waals surface area contributed by atoms with Crippen LogP contribution in [0.2, 0.25) is 0 Å². The standard InChI is InChI=1S/C24H26F3N5O2S/c1-15-17(13-29-31-15)5-4-10-28-21(33)20-14-35-22(30-20)16-8-11-32(12-9-16)23(34)18-6-2-3-7-19(18)24(25,26)27/h2-3,6-7,13-14,16H,4-5,8-12H2,1H3,(H,28,33)(H,29,31). The summed E-state index contributed by atoms with van der Waals surface area (Å²) in [7, 11) is 0. The van der Waals surface area contributed by atoms with E-state index in [0.717, 1.165) is 35.2 Å². The van der Waals surface area contributed by atoms with Gasteiger partial charge in [-0.2, -0.15) is 18.3 Å². The van der Waals surface area contributed by atoms with E-state index in [0.29, 0.717) is 38.2 Å². The Bertz CT molecular complexity index is 1180. The molecule has 1 aliphatic heterocycles. The summed E-state index contributed by atoms with van der Waals surface area (Å²) in [5, 5.41) is 12.3. The average molecular weight is 506 g/mol. The SMILES string of the molecule is Cc1[nH]ncc1CCCNC(=O)c1csc(C2CCN(C(=O)c3ccccc3C(F)(F)F)CC2)n1. The number of aryl methyl sites for hydroxylation is 2. The second kappa shape index (κ2) is 10.6. The first-order chi connectivity index (χ1) is 16.7. The minimum Gasteiger partial charge on any atom is -0.351 e. The summed E-state index contributed by atoms with van der Waals surface area (Å²) in [5.41, 5.74) is 1.28. The van der Waals surface area contributed by atoms with Gasteiger partial charge < -0.3 is 10.2 Å². The number of carbonyl (C=O) groups is 2. The number of aromatic nitrogens is 3. The summed E-state index contributed by atoms with van der Waals surface area (Å²) in [5.74, 6) is -0.776. The molecular weight excluding hydrogens is 479 g/mol. The van der Waals surface area contributed by atoms with Gasteiger partial charge >= 0.3 is 6.18 Å². The highest BCUT2D eigenvalue weighted by molar-refractivity contribution is 7.09. The molecule has 7 nitrogen and oxygen atoms in total. The summed E-state index contributed by atoms with van der Waals surface area (Å²) in [4.78, 5) is 31.2. The molecular formula is C24H26F3N5O2S. The number of rotatable bonds is 7. The highest BCUT2D eigenvalue weighted by Gasteiger charge is 2.36. The second-order valence-corrected chi connectivity index (χ2v) is 9.45. The predicted octanol–water partition coefficient (Wildman–Crippen LogP) is 4.58. The average Bonchev–Trinajstić information content (AvgIpc) is 3.50. The van der Waals surface area contributed by atoms with Gasteiger partial charge in [0.2, 0.25) is 0 Å². The Kier molecular flexibility index (Phi) is 7.54. The van der Waals surface area contributed by atoms with Gasteiger partial charge in [-0.25, -0.2) is 4.98 Å². The van der Waals surface area contributed by atoms with Crippen LogP contribution in [0.15, 0.2) is 35.8 Å². The topological polar surface area (TPSA) is 91.0 Å². The summed E-state index contributed by atoms with van der Waals surface area (Å²) >= 11 is 1.40. The van der Waals surface area contributed by atoms with Crippen molar-refractivity contribution in [3.63, 3.8) is 0 Å². The Morgan fingerprint density at radius 2 is 1.97 bits per heavy atom. The lowest BCUT2D eigenvalue weighted by Crippen LogP contribution is -2.38. The van der Waals surface area contributed by atoms with E-state index < -0.39 is 17.6 Å². The van der Waals surface area contributed by atoms with E-state index in [1.54, 1.807) is 11.6 Å². The van der Waals surface area contributed by atoms with E-state index in [-0.39, 0.29) is 17.4 Å². The molecule has 0 bridgehead atoms. The van der Waals surface area contributed by atoms with Crippen molar-refractivity contribution in [1.29, 1.82) is 0 Å². The molecule has 0 aliphatic carbocycles. The molecule has 2 amide bonds. The van der Waals surface area contributed by atoms with Crippen LogP contribution in [0.5, 0.6) is 0 Å². The molecule has 0 saturated carbocycles. The molecule has 3 aromatic rings. The van der Waals surface area contributed by atoms with Gasteiger partial charge in [-0.15, -0.1) is 11.3 Å².